The van der Waals surface area contributed by atoms with Crippen molar-refractivity contribution in [2.75, 3.05) is 11.9 Å². The molecule has 1 fully saturated rings. The van der Waals surface area contributed by atoms with E-state index in [0.717, 1.165) is 34.7 Å². The van der Waals surface area contributed by atoms with Crippen LogP contribution in [0.5, 0.6) is 0 Å². The summed E-state index contributed by atoms with van der Waals surface area (Å²) in [6, 6.07) is 23.8. The standard InChI is InChI=1S/C30H29N5O3S/c1-2-20-8-3-4-9-23(20)32-26(36)16-19-35-28(27(33-30(35)39)24-10-5-6-17-31-24)25-11-7-18-34(25)22-14-12-21(13-15-22)29(37)38/h3-15,17-18,27-28H,2,16,19H2,1H3,(H,32,36)(H,33,39)(H,37,38)/t27-,28+/m1/s1. The topological polar surface area (TPSA) is 99.5 Å². The molecule has 198 valence electrons. The number of thiocarbonyl (C=S) groups is 1. The molecular weight excluding hydrogens is 510 g/mol. The molecular formula is C30H29N5O3S. The number of carbonyl (C=O) groups is 2. The lowest BCUT2D eigenvalue weighted by Crippen LogP contribution is -2.33. The van der Waals surface area contributed by atoms with Gasteiger partial charge in [-0.1, -0.05) is 31.2 Å². The lowest BCUT2D eigenvalue weighted by Gasteiger charge is -2.29. The number of nitrogens with zero attached hydrogens (tertiary/aromatic N) is 3. The molecule has 2 aromatic heterocycles. The molecule has 4 aromatic rings. The number of hydrogen-bond acceptors (Lipinski definition) is 4. The number of anilines is 1. The molecule has 0 bridgehead atoms. The van der Waals surface area contributed by atoms with Gasteiger partial charge in [-0.2, -0.15) is 0 Å². The number of aromatic nitrogens is 2. The second-order valence-corrected chi connectivity index (χ2v) is 9.67. The van der Waals surface area contributed by atoms with Gasteiger partial charge in [0.15, 0.2) is 5.11 Å². The Morgan fingerprint density at radius 1 is 1.03 bits per heavy atom. The zero-order valence-corrected chi connectivity index (χ0v) is 22.3. The van der Waals surface area contributed by atoms with E-state index in [9.17, 15) is 14.7 Å². The minimum absolute atomic E-state index is 0.0848. The number of hydrogen-bond donors (Lipinski definition) is 3. The van der Waals surface area contributed by atoms with Crippen LogP contribution in [0.2, 0.25) is 0 Å². The van der Waals surface area contributed by atoms with Crippen LogP contribution < -0.4 is 10.6 Å². The summed E-state index contributed by atoms with van der Waals surface area (Å²) >= 11 is 5.78. The Bertz CT molecular complexity index is 1490. The van der Waals surface area contributed by atoms with Gasteiger partial charge in [-0.05, 0) is 78.8 Å². The van der Waals surface area contributed by atoms with Crippen LogP contribution in [0.4, 0.5) is 5.69 Å². The van der Waals surface area contributed by atoms with Crippen LogP contribution in [0.1, 0.15) is 52.7 Å². The predicted molar refractivity (Wildman–Crippen MR) is 154 cm³/mol. The molecule has 0 unspecified atom stereocenters. The number of benzene rings is 2. The fraction of sp³-hybridized carbons (Fsp3) is 0.200. The van der Waals surface area contributed by atoms with Crippen molar-refractivity contribution in [3.8, 4) is 5.69 Å². The number of nitrogens with one attached hydrogen (secondary N) is 2. The average molecular weight is 540 g/mol. The predicted octanol–water partition coefficient (Wildman–Crippen LogP) is 5.13. The molecule has 1 aliphatic rings. The molecule has 0 aliphatic carbocycles. The first-order valence-electron chi connectivity index (χ1n) is 12.8. The highest BCUT2D eigenvalue weighted by molar-refractivity contribution is 7.80. The minimum Gasteiger partial charge on any atom is -0.478 e. The van der Waals surface area contributed by atoms with Gasteiger partial charge in [0.1, 0.15) is 0 Å². The van der Waals surface area contributed by atoms with Gasteiger partial charge in [0, 0.05) is 42.4 Å². The molecule has 3 heterocycles. The molecule has 1 saturated heterocycles. The van der Waals surface area contributed by atoms with Gasteiger partial charge >= 0.3 is 5.97 Å². The molecule has 5 rings (SSSR count). The van der Waals surface area contributed by atoms with E-state index in [1.54, 1.807) is 30.5 Å². The first-order valence-corrected chi connectivity index (χ1v) is 13.2. The van der Waals surface area contributed by atoms with Crippen molar-refractivity contribution in [3.63, 3.8) is 0 Å². The summed E-state index contributed by atoms with van der Waals surface area (Å²) in [5, 5.41) is 16.3. The van der Waals surface area contributed by atoms with E-state index in [-0.39, 0.29) is 30.0 Å². The maximum atomic E-state index is 13.0. The number of amides is 1. The Morgan fingerprint density at radius 3 is 2.51 bits per heavy atom. The van der Waals surface area contributed by atoms with E-state index in [1.807, 2.05) is 70.3 Å². The number of pyridine rings is 1. The summed E-state index contributed by atoms with van der Waals surface area (Å²) in [5.74, 6) is -1.06. The molecule has 3 N–H and O–H groups in total. The summed E-state index contributed by atoms with van der Waals surface area (Å²) in [7, 11) is 0. The largest absolute Gasteiger partial charge is 0.478 e. The fourth-order valence-electron chi connectivity index (χ4n) is 4.99. The van der Waals surface area contributed by atoms with Crippen LogP contribution in [0, 0.1) is 0 Å². The number of para-hydroxylation sites is 1. The van der Waals surface area contributed by atoms with E-state index >= 15 is 0 Å². The third kappa shape index (κ3) is 5.53. The smallest absolute Gasteiger partial charge is 0.335 e. The van der Waals surface area contributed by atoms with Gasteiger partial charge in [-0.3, -0.25) is 9.78 Å². The van der Waals surface area contributed by atoms with Crippen LogP contribution in [-0.4, -0.2) is 43.1 Å². The summed E-state index contributed by atoms with van der Waals surface area (Å²) in [6.07, 6.45) is 4.77. The van der Waals surface area contributed by atoms with Gasteiger partial charge in [-0.15, -0.1) is 0 Å². The third-order valence-corrected chi connectivity index (χ3v) is 7.28. The van der Waals surface area contributed by atoms with E-state index < -0.39 is 5.97 Å². The monoisotopic (exact) mass is 539 g/mol. The number of carbonyl (C=O) groups excluding carboxylic acids is 1. The maximum absolute atomic E-state index is 13.0. The van der Waals surface area contributed by atoms with Gasteiger partial charge in [-0.25, -0.2) is 4.79 Å². The summed E-state index contributed by atoms with van der Waals surface area (Å²) in [5.41, 5.74) is 4.74. The van der Waals surface area contributed by atoms with Crippen LogP contribution in [0.25, 0.3) is 5.69 Å². The number of aromatic carboxylic acids is 1. The Labute approximate surface area is 232 Å². The minimum atomic E-state index is -0.971. The molecule has 1 amide bonds. The molecule has 39 heavy (non-hydrogen) atoms. The average Bonchev–Trinajstić information content (AvgIpc) is 3.57. The number of rotatable bonds is 9. The van der Waals surface area contributed by atoms with Crippen molar-refractivity contribution in [1.82, 2.24) is 19.8 Å². The molecule has 0 spiro atoms. The quantitative estimate of drug-likeness (QED) is 0.254. The van der Waals surface area contributed by atoms with Crippen LogP contribution in [-0.2, 0) is 11.2 Å². The van der Waals surface area contributed by atoms with Gasteiger partial charge in [0.2, 0.25) is 5.91 Å². The molecule has 2 atom stereocenters. The van der Waals surface area contributed by atoms with Crippen molar-refractivity contribution in [2.45, 2.75) is 31.8 Å². The maximum Gasteiger partial charge on any atom is 0.335 e. The number of carboxylic acid groups (broad SMARTS) is 1. The summed E-state index contributed by atoms with van der Waals surface area (Å²) in [4.78, 5) is 31.0. The van der Waals surface area contributed by atoms with Gasteiger partial charge in [0.25, 0.3) is 0 Å². The summed E-state index contributed by atoms with van der Waals surface area (Å²) < 4.78 is 2.02. The van der Waals surface area contributed by atoms with Crippen molar-refractivity contribution in [3.05, 3.63) is 114 Å². The zero-order chi connectivity index (χ0) is 27.4. The Morgan fingerprint density at radius 2 is 1.79 bits per heavy atom. The van der Waals surface area contributed by atoms with Crippen LogP contribution in [0.15, 0.2) is 91.3 Å². The van der Waals surface area contributed by atoms with Crippen molar-refractivity contribution in [1.29, 1.82) is 0 Å². The second kappa shape index (κ2) is 11.5. The SMILES string of the molecule is CCc1ccccc1NC(=O)CCN1C(=S)N[C@H](c2ccccn2)[C@@H]1c1cccn1-c1ccc(C(=O)O)cc1. The third-order valence-electron chi connectivity index (χ3n) is 6.93. The molecule has 0 radical (unpaired) electrons. The Balaban J connectivity index is 1.44. The molecule has 0 saturated carbocycles. The zero-order valence-electron chi connectivity index (χ0n) is 21.4. The highest BCUT2D eigenvalue weighted by Crippen LogP contribution is 2.39. The van der Waals surface area contributed by atoms with Gasteiger partial charge in [0.05, 0.1) is 23.3 Å². The molecule has 2 aromatic carbocycles. The van der Waals surface area contributed by atoms with Crippen molar-refractivity contribution >= 4 is 34.9 Å². The van der Waals surface area contributed by atoms with E-state index in [2.05, 4.69) is 22.5 Å². The highest BCUT2D eigenvalue weighted by Gasteiger charge is 2.41. The van der Waals surface area contributed by atoms with E-state index in [1.165, 1.54) is 0 Å². The fourth-order valence-corrected chi connectivity index (χ4v) is 5.32. The Hall–Kier alpha value is -4.50. The first kappa shape index (κ1) is 26.1. The Kier molecular flexibility index (Phi) is 7.69. The van der Waals surface area contributed by atoms with E-state index in [0.29, 0.717) is 11.7 Å². The number of carboxylic acids is 1. The van der Waals surface area contributed by atoms with Crippen molar-refractivity contribution in [2.24, 2.45) is 0 Å². The van der Waals surface area contributed by atoms with Gasteiger partial charge < -0.3 is 25.2 Å². The normalized spacial score (nSPS) is 16.6. The van der Waals surface area contributed by atoms with E-state index in [4.69, 9.17) is 12.2 Å². The van der Waals surface area contributed by atoms with Crippen LogP contribution >= 0.6 is 12.2 Å². The summed E-state index contributed by atoms with van der Waals surface area (Å²) in [6.45, 7) is 2.47. The van der Waals surface area contributed by atoms with Crippen molar-refractivity contribution < 1.29 is 14.7 Å². The molecule has 9 heteroatoms. The molecule has 8 nitrogen and oxygen atoms in total. The second-order valence-electron chi connectivity index (χ2n) is 9.28. The molecule has 1 aliphatic heterocycles. The number of aryl methyl sites for hydroxylation is 1. The lowest BCUT2D eigenvalue weighted by molar-refractivity contribution is -0.116. The first-order chi connectivity index (χ1) is 19.0. The lowest BCUT2D eigenvalue weighted by atomic mass is 10.0. The van der Waals surface area contributed by atoms with Crippen LogP contribution in [0.3, 0.4) is 0 Å². The highest BCUT2D eigenvalue weighted by atomic mass is 32.1.